The number of hydrogen-bond donors (Lipinski definition) is 2. The molecule has 0 amide bonds. The molecule has 0 aliphatic carbocycles. The fourth-order valence-electron chi connectivity index (χ4n) is 0.755. The topological polar surface area (TPSA) is 77.8 Å². The van der Waals surface area contributed by atoms with E-state index in [1.165, 1.54) is 0 Å². The van der Waals surface area contributed by atoms with E-state index in [9.17, 15) is 0 Å². The van der Waals surface area contributed by atoms with Crippen molar-refractivity contribution in [3.63, 3.8) is 0 Å². The van der Waals surface area contributed by atoms with E-state index in [1.54, 1.807) is 12.2 Å². The number of nitrogen functional groups attached to an aromatic ring is 1. The van der Waals surface area contributed by atoms with Gasteiger partial charge in [0.15, 0.2) is 0 Å². The van der Waals surface area contributed by atoms with E-state index >= 15 is 0 Å². The monoisotopic (exact) mass is 218 g/mol. The average Bonchev–Trinajstić information content (AvgIpc) is 2.02. The summed E-state index contributed by atoms with van der Waals surface area (Å²) >= 11 is 11.5. The molecule has 1 aromatic rings. The fraction of sp³-hybridized carbons (Fsp3) is 0.143. The van der Waals surface area contributed by atoms with Crippen LogP contribution in [0.15, 0.2) is 6.08 Å². The maximum atomic E-state index is 5.76. The molecule has 0 saturated heterocycles. The Hall–Kier alpha value is -0.840. The van der Waals surface area contributed by atoms with Gasteiger partial charge in [-0.1, -0.05) is 35.4 Å². The molecule has 0 fully saturated rings. The molecule has 0 aliphatic heterocycles. The predicted octanol–water partition coefficient (Wildman–Crippen LogP) is 1.34. The Bertz CT molecular complexity index is 314. The Morgan fingerprint density at radius 2 is 1.77 bits per heavy atom. The van der Waals surface area contributed by atoms with Crippen LogP contribution >= 0.6 is 23.2 Å². The van der Waals surface area contributed by atoms with Crippen molar-refractivity contribution >= 4 is 35.2 Å². The second-order valence-electron chi connectivity index (χ2n) is 2.22. The van der Waals surface area contributed by atoms with Gasteiger partial charge < -0.3 is 11.5 Å². The summed E-state index contributed by atoms with van der Waals surface area (Å²) in [5.74, 6) is 0.0555. The van der Waals surface area contributed by atoms with Crippen molar-refractivity contribution in [2.75, 3.05) is 12.3 Å². The zero-order valence-corrected chi connectivity index (χ0v) is 8.18. The van der Waals surface area contributed by atoms with Gasteiger partial charge in [-0.25, -0.2) is 9.97 Å². The van der Waals surface area contributed by atoms with Gasteiger partial charge in [0, 0.05) is 12.1 Å². The highest BCUT2D eigenvalue weighted by Gasteiger charge is 2.06. The van der Waals surface area contributed by atoms with Gasteiger partial charge in [-0.3, -0.25) is 0 Å². The first kappa shape index (κ1) is 10.2. The molecule has 6 heteroatoms. The molecule has 0 aromatic carbocycles. The van der Waals surface area contributed by atoms with Crippen molar-refractivity contribution in [1.29, 1.82) is 0 Å². The van der Waals surface area contributed by atoms with Gasteiger partial charge in [0.05, 0.1) is 0 Å². The first-order valence-electron chi connectivity index (χ1n) is 3.50. The van der Waals surface area contributed by atoms with Gasteiger partial charge >= 0.3 is 0 Å². The lowest BCUT2D eigenvalue weighted by atomic mass is 10.3. The normalized spacial score (nSPS) is 11.0. The van der Waals surface area contributed by atoms with Crippen molar-refractivity contribution in [1.82, 2.24) is 9.97 Å². The molecule has 0 atom stereocenters. The van der Waals surface area contributed by atoms with E-state index in [0.29, 0.717) is 12.1 Å². The largest absolute Gasteiger partial charge is 0.368 e. The molecule has 70 valence electrons. The zero-order valence-electron chi connectivity index (χ0n) is 6.67. The second-order valence-corrected chi connectivity index (χ2v) is 2.93. The second kappa shape index (κ2) is 4.41. The maximum Gasteiger partial charge on any atom is 0.222 e. The number of hydrogen-bond acceptors (Lipinski definition) is 4. The summed E-state index contributed by atoms with van der Waals surface area (Å²) in [6.07, 6.45) is 3.36. The standard InChI is InChI=1S/C7H8Cl2N4/c8-5-4(2-1-3-10)6(9)13-7(11)12-5/h1-2H,3,10H2,(H2,11,12,13). The summed E-state index contributed by atoms with van der Waals surface area (Å²) in [6.45, 7) is 0.400. The third-order valence-corrected chi connectivity index (χ3v) is 1.87. The Morgan fingerprint density at radius 1 is 1.23 bits per heavy atom. The van der Waals surface area contributed by atoms with Crippen molar-refractivity contribution < 1.29 is 0 Å². The zero-order chi connectivity index (χ0) is 9.84. The lowest BCUT2D eigenvalue weighted by Gasteiger charge is -2.00. The van der Waals surface area contributed by atoms with Gasteiger partial charge in [-0.2, -0.15) is 0 Å². The molecular formula is C7H8Cl2N4. The molecule has 0 aliphatic rings. The van der Waals surface area contributed by atoms with E-state index in [1.807, 2.05) is 0 Å². The van der Waals surface area contributed by atoms with Gasteiger partial charge in [-0.05, 0) is 0 Å². The number of rotatable bonds is 2. The minimum Gasteiger partial charge on any atom is -0.368 e. The highest BCUT2D eigenvalue weighted by Crippen LogP contribution is 2.22. The quantitative estimate of drug-likeness (QED) is 0.735. The van der Waals surface area contributed by atoms with Crippen LogP contribution in [0, 0.1) is 0 Å². The predicted molar refractivity (Wildman–Crippen MR) is 54.6 cm³/mol. The van der Waals surface area contributed by atoms with Crippen molar-refractivity contribution in [2.24, 2.45) is 5.73 Å². The summed E-state index contributed by atoms with van der Waals surface area (Å²) in [5.41, 5.74) is 11.1. The molecule has 1 aromatic heterocycles. The lowest BCUT2D eigenvalue weighted by Crippen LogP contribution is -1.98. The highest BCUT2D eigenvalue weighted by atomic mass is 35.5. The maximum absolute atomic E-state index is 5.76. The van der Waals surface area contributed by atoms with Crippen LogP contribution in [0.4, 0.5) is 5.95 Å². The first-order chi connectivity index (χ1) is 6.15. The SMILES string of the molecule is NCC=Cc1c(Cl)nc(N)nc1Cl. The van der Waals surface area contributed by atoms with Crippen LogP contribution in [-0.4, -0.2) is 16.5 Å². The first-order valence-corrected chi connectivity index (χ1v) is 4.26. The van der Waals surface area contributed by atoms with Crippen molar-refractivity contribution in [3.05, 3.63) is 21.9 Å². The van der Waals surface area contributed by atoms with Crippen LogP contribution in [0.1, 0.15) is 5.56 Å². The molecule has 0 saturated carbocycles. The molecule has 0 radical (unpaired) electrons. The molecular weight excluding hydrogens is 211 g/mol. The molecule has 0 unspecified atom stereocenters. The molecule has 1 rings (SSSR count). The molecule has 0 spiro atoms. The van der Waals surface area contributed by atoms with Gasteiger partial charge in [-0.15, -0.1) is 0 Å². The van der Waals surface area contributed by atoms with E-state index < -0.39 is 0 Å². The van der Waals surface area contributed by atoms with Crippen LogP contribution in [0.5, 0.6) is 0 Å². The van der Waals surface area contributed by atoms with E-state index in [2.05, 4.69) is 9.97 Å². The third kappa shape index (κ3) is 2.55. The summed E-state index contributed by atoms with van der Waals surface area (Å²) in [4.78, 5) is 7.49. The van der Waals surface area contributed by atoms with Gasteiger partial charge in [0.25, 0.3) is 0 Å². The summed E-state index contributed by atoms with van der Waals surface area (Å²) < 4.78 is 0. The molecule has 4 N–H and O–H groups in total. The van der Waals surface area contributed by atoms with Crippen LogP contribution in [-0.2, 0) is 0 Å². The molecule has 1 heterocycles. The molecule has 0 bridgehead atoms. The molecule has 13 heavy (non-hydrogen) atoms. The minimum absolute atomic E-state index is 0.0555. The third-order valence-electron chi connectivity index (χ3n) is 1.29. The summed E-state index contributed by atoms with van der Waals surface area (Å²) in [6, 6.07) is 0. The number of anilines is 1. The van der Waals surface area contributed by atoms with E-state index in [0.717, 1.165) is 0 Å². The Morgan fingerprint density at radius 3 is 2.23 bits per heavy atom. The number of nitrogens with zero attached hydrogens (tertiary/aromatic N) is 2. The lowest BCUT2D eigenvalue weighted by molar-refractivity contribution is 1.17. The van der Waals surface area contributed by atoms with Crippen molar-refractivity contribution in [3.8, 4) is 0 Å². The van der Waals surface area contributed by atoms with E-state index in [4.69, 9.17) is 34.7 Å². The average molecular weight is 219 g/mol. The Balaban J connectivity index is 3.13. The smallest absolute Gasteiger partial charge is 0.222 e. The fourth-order valence-corrected chi connectivity index (χ4v) is 1.28. The van der Waals surface area contributed by atoms with Gasteiger partial charge in [0.2, 0.25) is 5.95 Å². The Kier molecular flexibility index (Phi) is 3.48. The van der Waals surface area contributed by atoms with Crippen LogP contribution in [0.25, 0.3) is 6.08 Å². The minimum atomic E-state index is 0.0555. The number of nitrogens with two attached hydrogens (primary N) is 2. The van der Waals surface area contributed by atoms with Gasteiger partial charge in [0.1, 0.15) is 10.3 Å². The molecule has 4 nitrogen and oxygen atoms in total. The summed E-state index contributed by atoms with van der Waals surface area (Å²) in [7, 11) is 0. The number of aromatic nitrogens is 2. The summed E-state index contributed by atoms with van der Waals surface area (Å²) in [5, 5.41) is 0.449. The van der Waals surface area contributed by atoms with Crippen LogP contribution < -0.4 is 11.5 Å². The van der Waals surface area contributed by atoms with E-state index in [-0.39, 0.29) is 16.3 Å². The van der Waals surface area contributed by atoms with Crippen molar-refractivity contribution in [2.45, 2.75) is 0 Å². The van der Waals surface area contributed by atoms with Crippen LogP contribution in [0.3, 0.4) is 0 Å². The number of halogens is 2. The highest BCUT2D eigenvalue weighted by molar-refractivity contribution is 6.35. The van der Waals surface area contributed by atoms with Crippen LogP contribution in [0.2, 0.25) is 10.3 Å². The Labute approximate surface area is 85.6 Å².